The fourth-order valence-corrected chi connectivity index (χ4v) is 2.43. The predicted molar refractivity (Wildman–Crippen MR) is 66.0 cm³/mol. The highest BCUT2D eigenvalue weighted by Gasteiger charge is 2.40. The lowest BCUT2D eigenvalue weighted by molar-refractivity contribution is -0.159. The van der Waals surface area contributed by atoms with Crippen molar-refractivity contribution in [1.29, 1.82) is 0 Å². The van der Waals surface area contributed by atoms with Gasteiger partial charge in [-0.2, -0.15) is 0 Å². The Bertz CT molecular complexity index is 219. The van der Waals surface area contributed by atoms with Crippen LogP contribution in [0.5, 0.6) is 0 Å². The molecule has 0 aromatic rings. The van der Waals surface area contributed by atoms with Gasteiger partial charge in [0.05, 0.1) is 24.9 Å². The molecule has 0 aromatic carbocycles. The number of nitrogens with two attached hydrogens (primary N) is 1. The van der Waals surface area contributed by atoms with E-state index >= 15 is 0 Å². The van der Waals surface area contributed by atoms with E-state index in [0.29, 0.717) is 6.61 Å². The summed E-state index contributed by atoms with van der Waals surface area (Å²) in [5.41, 5.74) is 5.93. The number of hydrogen-bond acceptors (Lipinski definition) is 4. The molecular formula is C13H25NO3. The maximum atomic E-state index is 5.93. The van der Waals surface area contributed by atoms with Crippen LogP contribution in [0.15, 0.2) is 0 Å². The van der Waals surface area contributed by atoms with Crippen LogP contribution >= 0.6 is 0 Å². The second-order valence-corrected chi connectivity index (χ2v) is 5.10. The van der Waals surface area contributed by atoms with Crippen molar-refractivity contribution in [2.75, 3.05) is 19.8 Å². The molecule has 17 heavy (non-hydrogen) atoms. The van der Waals surface area contributed by atoms with Crippen LogP contribution in [0.25, 0.3) is 0 Å². The van der Waals surface area contributed by atoms with Crippen molar-refractivity contribution in [2.45, 2.75) is 63.4 Å². The molecular weight excluding hydrogens is 218 g/mol. The summed E-state index contributed by atoms with van der Waals surface area (Å²) in [6.07, 6.45) is 6.08. The van der Waals surface area contributed by atoms with Crippen LogP contribution in [0.2, 0.25) is 0 Å². The highest BCUT2D eigenvalue weighted by Crippen LogP contribution is 2.26. The van der Waals surface area contributed by atoms with Crippen LogP contribution in [-0.2, 0) is 14.2 Å². The molecule has 1 saturated heterocycles. The van der Waals surface area contributed by atoms with Gasteiger partial charge in [0.15, 0.2) is 0 Å². The van der Waals surface area contributed by atoms with Gasteiger partial charge in [0, 0.05) is 19.3 Å². The molecule has 1 saturated carbocycles. The molecule has 0 radical (unpaired) electrons. The minimum absolute atomic E-state index is 0.0959. The van der Waals surface area contributed by atoms with Gasteiger partial charge in [-0.15, -0.1) is 0 Å². The minimum Gasteiger partial charge on any atom is -0.376 e. The van der Waals surface area contributed by atoms with Crippen molar-refractivity contribution in [1.82, 2.24) is 0 Å². The summed E-state index contributed by atoms with van der Waals surface area (Å²) in [7, 11) is 0. The fourth-order valence-electron chi connectivity index (χ4n) is 2.43. The van der Waals surface area contributed by atoms with E-state index in [0.717, 1.165) is 32.5 Å². The second kappa shape index (κ2) is 6.69. The van der Waals surface area contributed by atoms with Crippen molar-refractivity contribution in [3.63, 3.8) is 0 Å². The Hall–Kier alpha value is -0.160. The molecule has 0 amide bonds. The van der Waals surface area contributed by atoms with Gasteiger partial charge >= 0.3 is 0 Å². The number of rotatable bonds is 6. The zero-order valence-corrected chi connectivity index (χ0v) is 10.8. The summed E-state index contributed by atoms with van der Waals surface area (Å²) in [4.78, 5) is 0. The maximum absolute atomic E-state index is 5.93. The van der Waals surface area contributed by atoms with Crippen molar-refractivity contribution in [3.05, 3.63) is 0 Å². The van der Waals surface area contributed by atoms with E-state index < -0.39 is 0 Å². The lowest BCUT2D eigenvalue weighted by Crippen LogP contribution is -2.58. The van der Waals surface area contributed by atoms with Crippen LogP contribution in [-0.4, -0.2) is 44.2 Å². The Balaban J connectivity index is 1.64. The molecule has 2 rings (SSSR count). The van der Waals surface area contributed by atoms with Gasteiger partial charge in [0.1, 0.15) is 0 Å². The molecule has 0 aromatic heterocycles. The topological polar surface area (TPSA) is 53.7 Å². The Labute approximate surface area is 104 Å². The highest BCUT2D eigenvalue weighted by molar-refractivity contribution is 4.95. The van der Waals surface area contributed by atoms with Gasteiger partial charge in [-0.05, 0) is 32.1 Å². The molecule has 2 N–H and O–H groups in total. The van der Waals surface area contributed by atoms with Gasteiger partial charge in [0.2, 0.25) is 0 Å². The summed E-state index contributed by atoms with van der Waals surface area (Å²) in [6, 6.07) is 0.152. The van der Waals surface area contributed by atoms with Crippen LogP contribution in [0.1, 0.15) is 39.0 Å². The molecule has 1 heterocycles. The summed E-state index contributed by atoms with van der Waals surface area (Å²) in [6.45, 7) is 4.46. The molecule has 2 aliphatic rings. The Morgan fingerprint density at radius 3 is 2.82 bits per heavy atom. The Kier molecular flexibility index (Phi) is 5.22. The molecule has 100 valence electrons. The van der Waals surface area contributed by atoms with Crippen molar-refractivity contribution >= 4 is 0 Å². The van der Waals surface area contributed by atoms with Crippen LogP contribution < -0.4 is 5.73 Å². The minimum atomic E-state index is 0.0959. The Morgan fingerprint density at radius 2 is 2.18 bits per heavy atom. The summed E-state index contributed by atoms with van der Waals surface area (Å²) in [5.74, 6) is 0. The quantitative estimate of drug-likeness (QED) is 0.767. The van der Waals surface area contributed by atoms with E-state index in [1.165, 1.54) is 12.8 Å². The monoisotopic (exact) mass is 243 g/mol. The van der Waals surface area contributed by atoms with E-state index in [1.54, 1.807) is 0 Å². The Morgan fingerprint density at radius 1 is 1.29 bits per heavy atom. The van der Waals surface area contributed by atoms with Gasteiger partial charge in [-0.3, -0.25) is 0 Å². The molecule has 4 heteroatoms. The molecule has 0 bridgehead atoms. The van der Waals surface area contributed by atoms with Gasteiger partial charge in [0.25, 0.3) is 0 Å². The highest BCUT2D eigenvalue weighted by atomic mass is 16.6. The van der Waals surface area contributed by atoms with E-state index in [1.807, 2.05) is 0 Å². The molecule has 4 atom stereocenters. The van der Waals surface area contributed by atoms with Crippen LogP contribution in [0, 0.1) is 0 Å². The molecule has 1 aliphatic heterocycles. The van der Waals surface area contributed by atoms with E-state index in [9.17, 15) is 0 Å². The zero-order valence-electron chi connectivity index (χ0n) is 10.8. The standard InChI is InChI=1S/C13H25NO3/c1-2-6-16-13-11(14)8-12(13)17-9-10-5-3-4-7-15-10/h10-13H,2-9,14H2,1H3. The molecule has 2 fully saturated rings. The molecule has 4 unspecified atom stereocenters. The van der Waals surface area contributed by atoms with E-state index in [2.05, 4.69) is 6.92 Å². The summed E-state index contributed by atoms with van der Waals surface area (Å²) >= 11 is 0. The third-order valence-corrected chi connectivity index (χ3v) is 3.58. The zero-order chi connectivity index (χ0) is 12.1. The SMILES string of the molecule is CCCOC1C(N)CC1OCC1CCCCO1. The van der Waals surface area contributed by atoms with E-state index in [4.69, 9.17) is 19.9 Å². The molecule has 4 nitrogen and oxygen atoms in total. The third kappa shape index (κ3) is 3.65. The second-order valence-electron chi connectivity index (χ2n) is 5.10. The van der Waals surface area contributed by atoms with E-state index in [-0.39, 0.29) is 24.4 Å². The van der Waals surface area contributed by atoms with Crippen molar-refractivity contribution in [3.8, 4) is 0 Å². The lowest BCUT2D eigenvalue weighted by Gasteiger charge is -2.42. The first-order valence-electron chi connectivity index (χ1n) is 6.91. The van der Waals surface area contributed by atoms with Crippen LogP contribution in [0.3, 0.4) is 0 Å². The average molecular weight is 243 g/mol. The summed E-state index contributed by atoms with van der Waals surface area (Å²) < 4.78 is 17.2. The lowest BCUT2D eigenvalue weighted by atomic mass is 9.86. The molecule has 0 spiro atoms. The van der Waals surface area contributed by atoms with Crippen molar-refractivity contribution < 1.29 is 14.2 Å². The first kappa shape index (κ1) is 13.3. The number of hydrogen-bond donors (Lipinski definition) is 1. The smallest absolute Gasteiger partial charge is 0.0988 e. The van der Waals surface area contributed by atoms with Crippen LogP contribution in [0.4, 0.5) is 0 Å². The van der Waals surface area contributed by atoms with Gasteiger partial charge in [-0.25, -0.2) is 0 Å². The first-order chi connectivity index (χ1) is 8.31. The summed E-state index contributed by atoms with van der Waals surface area (Å²) in [5, 5.41) is 0. The van der Waals surface area contributed by atoms with Gasteiger partial charge in [-0.1, -0.05) is 6.92 Å². The maximum Gasteiger partial charge on any atom is 0.0988 e. The normalized spacial score (nSPS) is 37.8. The largest absolute Gasteiger partial charge is 0.376 e. The third-order valence-electron chi connectivity index (χ3n) is 3.58. The molecule has 1 aliphatic carbocycles. The first-order valence-corrected chi connectivity index (χ1v) is 6.91. The number of ether oxygens (including phenoxy) is 3. The van der Waals surface area contributed by atoms with Crippen molar-refractivity contribution in [2.24, 2.45) is 5.73 Å². The predicted octanol–water partition coefficient (Wildman–Crippen LogP) is 1.47. The average Bonchev–Trinajstić information content (AvgIpc) is 2.36. The van der Waals surface area contributed by atoms with Gasteiger partial charge < -0.3 is 19.9 Å². The fraction of sp³-hybridized carbons (Fsp3) is 1.00.